The molecule has 0 radical (unpaired) electrons. The first-order valence-corrected chi connectivity index (χ1v) is 7.92. The number of nitrogens with one attached hydrogen (secondary N) is 1. The molecule has 0 heterocycles. The molecule has 0 aliphatic heterocycles. The topological polar surface area (TPSA) is 21.3 Å². The van der Waals surface area contributed by atoms with Gasteiger partial charge in [-0.05, 0) is 42.9 Å². The lowest BCUT2D eigenvalue weighted by Gasteiger charge is -2.26. The van der Waals surface area contributed by atoms with Crippen LogP contribution in [0.25, 0.3) is 0 Å². The van der Waals surface area contributed by atoms with E-state index < -0.39 is 0 Å². The summed E-state index contributed by atoms with van der Waals surface area (Å²) in [5.41, 5.74) is 0.951. The Morgan fingerprint density at radius 1 is 1.25 bits per heavy atom. The molecule has 1 N–H and O–H groups in total. The monoisotopic (exact) mass is 277 g/mol. The normalized spacial score (nSPS) is 20.6. The van der Waals surface area contributed by atoms with Gasteiger partial charge in [0.1, 0.15) is 5.82 Å². The van der Waals surface area contributed by atoms with Crippen LogP contribution in [0.1, 0.15) is 50.2 Å². The largest absolute Gasteiger partial charge is 0.372 e. The van der Waals surface area contributed by atoms with Crippen LogP contribution in [-0.2, 0) is 4.74 Å². The highest BCUT2D eigenvalue weighted by atomic mass is 19.1. The van der Waals surface area contributed by atoms with Crippen molar-refractivity contribution < 1.29 is 9.13 Å². The lowest BCUT2D eigenvalue weighted by molar-refractivity contribution is 0.0368. The average Bonchev–Trinajstić information content (AvgIpc) is 3.20. The van der Waals surface area contributed by atoms with Gasteiger partial charge in [0.2, 0.25) is 0 Å². The van der Waals surface area contributed by atoms with Gasteiger partial charge in [0, 0.05) is 19.2 Å². The van der Waals surface area contributed by atoms with Gasteiger partial charge >= 0.3 is 0 Å². The second-order valence-electron chi connectivity index (χ2n) is 6.18. The number of hydrogen-bond donors (Lipinski definition) is 1. The van der Waals surface area contributed by atoms with E-state index in [0.29, 0.717) is 6.04 Å². The number of rotatable bonds is 8. The maximum atomic E-state index is 13.4. The number of hydrogen-bond acceptors (Lipinski definition) is 2. The highest BCUT2D eigenvalue weighted by Gasteiger charge is 2.23. The van der Waals surface area contributed by atoms with Gasteiger partial charge in [-0.1, -0.05) is 31.4 Å². The second-order valence-corrected chi connectivity index (χ2v) is 6.18. The molecule has 1 atom stereocenters. The van der Waals surface area contributed by atoms with Crippen molar-refractivity contribution in [2.45, 2.75) is 50.7 Å². The van der Waals surface area contributed by atoms with Gasteiger partial charge in [-0.25, -0.2) is 4.39 Å². The lowest BCUT2D eigenvalue weighted by Crippen LogP contribution is -2.26. The third kappa shape index (κ3) is 4.03. The van der Waals surface area contributed by atoms with E-state index in [0.717, 1.165) is 31.1 Å². The minimum Gasteiger partial charge on any atom is -0.372 e. The van der Waals surface area contributed by atoms with Gasteiger partial charge in [0.25, 0.3) is 0 Å². The summed E-state index contributed by atoms with van der Waals surface area (Å²) in [6, 6.07) is 7.47. The fourth-order valence-corrected chi connectivity index (χ4v) is 2.70. The van der Waals surface area contributed by atoms with Crippen molar-refractivity contribution in [3.8, 4) is 0 Å². The Labute approximate surface area is 120 Å². The zero-order chi connectivity index (χ0) is 13.8. The van der Waals surface area contributed by atoms with Crippen LogP contribution >= 0.6 is 0 Å². The first kappa shape index (κ1) is 14.0. The predicted octanol–water partition coefficient (Wildman–Crippen LogP) is 3.83. The minimum atomic E-state index is -0.179. The Morgan fingerprint density at radius 3 is 2.75 bits per heavy atom. The Morgan fingerprint density at radius 2 is 2.10 bits per heavy atom. The summed E-state index contributed by atoms with van der Waals surface area (Å²) in [6.45, 7) is 1.58. The fraction of sp³-hybridized carbons (Fsp3) is 0.647. The highest BCUT2D eigenvalue weighted by Crippen LogP contribution is 2.30. The summed E-state index contributed by atoms with van der Waals surface area (Å²) in [6.07, 6.45) is 7.74. The molecule has 1 aromatic rings. The van der Waals surface area contributed by atoms with Crippen LogP contribution in [0.2, 0.25) is 0 Å². The number of benzene rings is 1. The van der Waals surface area contributed by atoms with Crippen LogP contribution in [0.5, 0.6) is 0 Å². The first-order valence-electron chi connectivity index (χ1n) is 7.92. The molecule has 0 saturated heterocycles. The lowest BCUT2D eigenvalue weighted by atomic mass is 9.83. The summed E-state index contributed by atoms with van der Waals surface area (Å²) in [7, 11) is 0. The molecule has 3 heteroatoms. The molecule has 0 bridgehead atoms. The van der Waals surface area contributed by atoms with Gasteiger partial charge < -0.3 is 10.1 Å². The number of ether oxygens (including phenoxy) is 1. The zero-order valence-electron chi connectivity index (χ0n) is 12.0. The van der Waals surface area contributed by atoms with Crippen LogP contribution in [0.15, 0.2) is 24.3 Å². The van der Waals surface area contributed by atoms with Crippen LogP contribution in [0.3, 0.4) is 0 Å². The SMILES string of the molecule is Fc1cccc(C(CNC2CC2)OCCC2CCC2)c1. The summed E-state index contributed by atoms with van der Waals surface area (Å²) in [4.78, 5) is 0. The smallest absolute Gasteiger partial charge is 0.123 e. The molecule has 2 aliphatic carbocycles. The first-order chi connectivity index (χ1) is 9.81. The molecule has 20 heavy (non-hydrogen) atoms. The predicted molar refractivity (Wildman–Crippen MR) is 78.1 cm³/mol. The van der Waals surface area contributed by atoms with Crippen LogP contribution in [0.4, 0.5) is 4.39 Å². The Balaban J connectivity index is 1.53. The molecule has 0 aromatic heterocycles. The van der Waals surface area contributed by atoms with E-state index >= 15 is 0 Å². The molecule has 2 aliphatic rings. The van der Waals surface area contributed by atoms with Crippen molar-refractivity contribution in [3.63, 3.8) is 0 Å². The summed E-state index contributed by atoms with van der Waals surface area (Å²) < 4.78 is 19.4. The standard InChI is InChI=1S/C17H24FNO/c18-15-6-2-5-14(11-15)17(12-19-16-7-8-16)20-10-9-13-3-1-4-13/h2,5-6,11,13,16-17,19H,1,3-4,7-10,12H2. The summed E-state index contributed by atoms with van der Waals surface area (Å²) in [5.74, 6) is 0.682. The molecule has 1 aromatic carbocycles. The van der Waals surface area contributed by atoms with Gasteiger partial charge in [-0.3, -0.25) is 0 Å². The second kappa shape index (κ2) is 6.68. The summed E-state index contributed by atoms with van der Waals surface area (Å²) >= 11 is 0. The molecule has 110 valence electrons. The molecule has 1 unspecified atom stereocenters. The van der Waals surface area contributed by atoms with Crippen molar-refractivity contribution >= 4 is 0 Å². The number of halogens is 1. The molecule has 2 nitrogen and oxygen atoms in total. The van der Waals surface area contributed by atoms with Gasteiger partial charge in [0.05, 0.1) is 6.10 Å². The van der Waals surface area contributed by atoms with Crippen LogP contribution < -0.4 is 5.32 Å². The molecule has 2 fully saturated rings. The maximum Gasteiger partial charge on any atom is 0.123 e. The Hall–Kier alpha value is -0.930. The molecular formula is C17H24FNO. The quantitative estimate of drug-likeness (QED) is 0.780. The Bertz CT molecular complexity index is 429. The Kier molecular flexibility index (Phi) is 4.69. The van der Waals surface area contributed by atoms with Crippen molar-refractivity contribution in [2.24, 2.45) is 5.92 Å². The van der Waals surface area contributed by atoms with E-state index in [9.17, 15) is 4.39 Å². The van der Waals surface area contributed by atoms with Gasteiger partial charge in [-0.2, -0.15) is 0 Å². The van der Waals surface area contributed by atoms with Crippen LogP contribution in [0, 0.1) is 11.7 Å². The average molecular weight is 277 g/mol. The highest BCUT2D eigenvalue weighted by molar-refractivity contribution is 5.19. The third-order valence-electron chi connectivity index (χ3n) is 4.46. The van der Waals surface area contributed by atoms with E-state index in [2.05, 4.69) is 5.32 Å². The molecule has 0 amide bonds. The molecule has 0 spiro atoms. The van der Waals surface area contributed by atoms with Crippen molar-refractivity contribution in [1.82, 2.24) is 5.32 Å². The van der Waals surface area contributed by atoms with Crippen molar-refractivity contribution in [1.29, 1.82) is 0 Å². The van der Waals surface area contributed by atoms with Crippen molar-refractivity contribution in [3.05, 3.63) is 35.6 Å². The maximum absolute atomic E-state index is 13.4. The van der Waals surface area contributed by atoms with Gasteiger partial charge in [-0.15, -0.1) is 0 Å². The summed E-state index contributed by atoms with van der Waals surface area (Å²) in [5, 5.41) is 3.49. The van der Waals surface area contributed by atoms with E-state index in [4.69, 9.17) is 4.74 Å². The molecular weight excluding hydrogens is 253 g/mol. The van der Waals surface area contributed by atoms with E-state index in [1.54, 1.807) is 12.1 Å². The van der Waals surface area contributed by atoms with Crippen molar-refractivity contribution in [2.75, 3.05) is 13.2 Å². The van der Waals surface area contributed by atoms with E-state index in [-0.39, 0.29) is 11.9 Å². The minimum absolute atomic E-state index is 0.0219. The fourth-order valence-electron chi connectivity index (χ4n) is 2.70. The third-order valence-corrected chi connectivity index (χ3v) is 4.46. The zero-order valence-corrected chi connectivity index (χ0v) is 12.0. The van der Waals surface area contributed by atoms with Gasteiger partial charge in [0.15, 0.2) is 0 Å². The molecule has 2 saturated carbocycles. The van der Waals surface area contributed by atoms with E-state index in [1.165, 1.54) is 38.2 Å². The van der Waals surface area contributed by atoms with E-state index in [1.807, 2.05) is 6.07 Å². The van der Waals surface area contributed by atoms with Crippen LogP contribution in [-0.4, -0.2) is 19.2 Å². The molecule has 3 rings (SSSR count).